The van der Waals surface area contributed by atoms with Crippen LogP contribution in [-0.2, 0) is 4.79 Å². The maximum absolute atomic E-state index is 12.2. The molecule has 19 heavy (non-hydrogen) atoms. The minimum atomic E-state index is -0.513. The fourth-order valence-electron chi connectivity index (χ4n) is 1.89. The second-order valence-corrected chi connectivity index (χ2v) is 4.57. The number of rotatable bonds is 7. The molecule has 0 aliphatic heterocycles. The molecular weight excluding hydrogens is 242 g/mol. The van der Waals surface area contributed by atoms with Gasteiger partial charge in [0.25, 0.3) is 5.91 Å². The molecule has 0 spiro atoms. The van der Waals surface area contributed by atoms with Gasteiger partial charge in [0.2, 0.25) is 0 Å². The van der Waals surface area contributed by atoms with Crippen molar-refractivity contribution in [2.75, 3.05) is 19.7 Å². The molecular formula is C15H23NO3. The standard InChI is InChI=1S/C15H23NO3/c1-4-16(9-6-10-17)15(18)13(3)19-14-8-5-7-12(2)11-14/h5,7-8,11,13,17H,4,6,9-10H2,1-3H3. The van der Waals surface area contributed by atoms with Crippen LogP contribution in [0.2, 0.25) is 0 Å². The summed E-state index contributed by atoms with van der Waals surface area (Å²) >= 11 is 0. The topological polar surface area (TPSA) is 49.8 Å². The van der Waals surface area contributed by atoms with Crippen molar-refractivity contribution in [3.8, 4) is 5.75 Å². The van der Waals surface area contributed by atoms with Gasteiger partial charge in [-0.1, -0.05) is 12.1 Å². The Hall–Kier alpha value is -1.55. The highest BCUT2D eigenvalue weighted by molar-refractivity contribution is 5.80. The number of carbonyl (C=O) groups excluding carboxylic acids is 1. The number of aliphatic hydroxyl groups is 1. The summed E-state index contributed by atoms with van der Waals surface area (Å²) in [6, 6.07) is 7.65. The van der Waals surface area contributed by atoms with E-state index in [0.717, 1.165) is 5.56 Å². The lowest BCUT2D eigenvalue weighted by atomic mass is 10.2. The van der Waals surface area contributed by atoms with Gasteiger partial charge in [0.15, 0.2) is 6.10 Å². The second kappa shape index (κ2) is 7.79. The van der Waals surface area contributed by atoms with Crippen LogP contribution in [0.5, 0.6) is 5.75 Å². The second-order valence-electron chi connectivity index (χ2n) is 4.57. The van der Waals surface area contributed by atoms with E-state index in [1.54, 1.807) is 11.8 Å². The molecule has 0 aliphatic rings. The van der Waals surface area contributed by atoms with Crippen molar-refractivity contribution in [1.29, 1.82) is 0 Å². The van der Waals surface area contributed by atoms with Gasteiger partial charge in [-0.2, -0.15) is 0 Å². The lowest BCUT2D eigenvalue weighted by molar-refractivity contribution is -0.137. The summed E-state index contributed by atoms with van der Waals surface area (Å²) in [7, 11) is 0. The van der Waals surface area contributed by atoms with Gasteiger partial charge in [0.05, 0.1) is 0 Å². The number of carbonyl (C=O) groups is 1. The molecule has 0 fully saturated rings. The molecule has 0 saturated carbocycles. The van der Waals surface area contributed by atoms with Gasteiger partial charge in [-0.15, -0.1) is 0 Å². The largest absolute Gasteiger partial charge is 0.481 e. The molecule has 0 aliphatic carbocycles. The minimum absolute atomic E-state index is 0.0440. The van der Waals surface area contributed by atoms with Gasteiger partial charge < -0.3 is 14.7 Å². The van der Waals surface area contributed by atoms with E-state index in [-0.39, 0.29) is 12.5 Å². The summed E-state index contributed by atoms with van der Waals surface area (Å²) in [5, 5.41) is 8.83. The first-order valence-corrected chi connectivity index (χ1v) is 6.71. The van der Waals surface area contributed by atoms with Gasteiger partial charge in [0.1, 0.15) is 5.75 Å². The molecule has 0 aromatic heterocycles. The zero-order valence-electron chi connectivity index (χ0n) is 11.9. The number of benzene rings is 1. The fourth-order valence-corrected chi connectivity index (χ4v) is 1.89. The SMILES string of the molecule is CCN(CCCO)C(=O)C(C)Oc1cccc(C)c1. The monoisotopic (exact) mass is 265 g/mol. The minimum Gasteiger partial charge on any atom is -0.481 e. The van der Waals surface area contributed by atoms with Gasteiger partial charge in [-0.3, -0.25) is 4.79 Å². The van der Waals surface area contributed by atoms with Crippen molar-refractivity contribution in [2.45, 2.75) is 33.3 Å². The van der Waals surface area contributed by atoms with E-state index in [2.05, 4.69) is 0 Å². The van der Waals surface area contributed by atoms with Crippen LogP contribution in [0.1, 0.15) is 25.8 Å². The summed E-state index contributed by atoms with van der Waals surface area (Å²) in [6.45, 7) is 6.95. The molecule has 0 bridgehead atoms. The first-order valence-electron chi connectivity index (χ1n) is 6.71. The van der Waals surface area contributed by atoms with Crippen molar-refractivity contribution in [2.24, 2.45) is 0 Å². The summed E-state index contributed by atoms with van der Waals surface area (Å²) in [6.07, 6.45) is 0.0805. The van der Waals surface area contributed by atoms with Crippen molar-refractivity contribution in [3.05, 3.63) is 29.8 Å². The van der Waals surface area contributed by atoms with Crippen LogP contribution in [0.25, 0.3) is 0 Å². The quantitative estimate of drug-likeness (QED) is 0.820. The molecule has 0 radical (unpaired) electrons. The third-order valence-electron chi connectivity index (χ3n) is 2.93. The van der Waals surface area contributed by atoms with Crippen molar-refractivity contribution >= 4 is 5.91 Å². The van der Waals surface area contributed by atoms with E-state index < -0.39 is 6.10 Å². The van der Waals surface area contributed by atoms with Gasteiger partial charge in [0, 0.05) is 19.7 Å². The van der Waals surface area contributed by atoms with Crippen molar-refractivity contribution in [3.63, 3.8) is 0 Å². The lowest BCUT2D eigenvalue weighted by Crippen LogP contribution is -2.41. The van der Waals surface area contributed by atoms with Gasteiger partial charge in [-0.05, 0) is 44.9 Å². The van der Waals surface area contributed by atoms with Crippen molar-refractivity contribution in [1.82, 2.24) is 4.90 Å². The Bertz CT molecular complexity index is 406. The van der Waals surface area contributed by atoms with Crippen LogP contribution in [0.4, 0.5) is 0 Å². The van der Waals surface area contributed by atoms with Gasteiger partial charge in [-0.25, -0.2) is 0 Å². The number of aryl methyl sites for hydroxylation is 1. The first kappa shape index (κ1) is 15.5. The lowest BCUT2D eigenvalue weighted by Gasteiger charge is -2.24. The molecule has 0 saturated heterocycles. The van der Waals surface area contributed by atoms with Crippen LogP contribution in [0.3, 0.4) is 0 Å². The average molecular weight is 265 g/mol. The first-order chi connectivity index (χ1) is 9.08. The fraction of sp³-hybridized carbons (Fsp3) is 0.533. The molecule has 1 rings (SSSR count). The Labute approximate surface area is 115 Å². The van der Waals surface area contributed by atoms with E-state index in [0.29, 0.717) is 25.3 Å². The highest BCUT2D eigenvalue weighted by Gasteiger charge is 2.20. The maximum Gasteiger partial charge on any atom is 0.263 e. The molecule has 1 aromatic rings. The summed E-state index contributed by atoms with van der Waals surface area (Å²) in [5.74, 6) is 0.663. The summed E-state index contributed by atoms with van der Waals surface area (Å²) in [4.78, 5) is 13.9. The third-order valence-corrected chi connectivity index (χ3v) is 2.93. The smallest absolute Gasteiger partial charge is 0.263 e. The molecule has 0 heterocycles. The summed E-state index contributed by atoms with van der Waals surface area (Å²) < 4.78 is 5.67. The molecule has 1 N–H and O–H groups in total. The number of likely N-dealkylation sites (N-methyl/N-ethyl adjacent to an activating group) is 1. The zero-order valence-corrected chi connectivity index (χ0v) is 11.9. The predicted octanol–water partition coefficient (Wildman–Crippen LogP) is 1.99. The molecule has 1 atom stereocenters. The van der Waals surface area contributed by atoms with E-state index in [1.807, 2.05) is 38.1 Å². The number of hydrogen-bond donors (Lipinski definition) is 1. The number of amides is 1. The Morgan fingerprint density at radius 3 is 2.79 bits per heavy atom. The van der Waals surface area contributed by atoms with E-state index in [9.17, 15) is 4.79 Å². The number of nitrogens with zero attached hydrogens (tertiary/aromatic N) is 1. The molecule has 1 aromatic carbocycles. The predicted molar refractivity (Wildman–Crippen MR) is 75.2 cm³/mol. The van der Waals surface area contributed by atoms with Crippen LogP contribution in [-0.4, -0.2) is 41.7 Å². The molecule has 106 valence electrons. The Morgan fingerprint density at radius 2 is 2.21 bits per heavy atom. The van der Waals surface area contributed by atoms with E-state index in [4.69, 9.17) is 9.84 Å². The molecule has 1 unspecified atom stereocenters. The normalized spacial score (nSPS) is 12.0. The van der Waals surface area contributed by atoms with Crippen LogP contribution >= 0.6 is 0 Å². The maximum atomic E-state index is 12.2. The van der Waals surface area contributed by atoms with E-state index >= 15 is 0 Å². The Balaban J connectivity index is 2.60. The zero-order chi connectivity index (χ0) is 14.3. The number of hydrogen-bond acceptors (Lipinski definition) is 3. The molecule has 1 amide bonds. The number of ether oxygens (including phenoxy) is 1. The van der Waals surface area contributed by atoms with Crippen LogP contribution in [0, 0.1) is 6.92 Å². The van der Waals surface area contributed by atoms with Crippen LogP contribution < -0.4 is 4.74 Å². The van der Waals surface area contributed by atoms with E-state index in [1.165, 1.54) is 0 Å². The Kier molecular flexibility index (Phi) is 6.36. The number of aliphatic hydroxyl groups excluding tert-OH is 1. The molecule has 4 heteroatoms. The Morgan fingerprint density at radius 1 is 1.47 bits per heavy atom. The van der Waals surface area contributed by atoms with Gasteiger partial charge >= 0.3 is 0 Å². The highest BCUT2D eigenvalue weighted by atomic mass is 16.5. The molecule has 4 nitrogen and oxygen atoms in total. The average Bonchev–Trinajstić information content (AvgIpc) is 2.39. The third kappa shape index (κ3) is 4.91. The van der Waals surface area contributed by atoms with Crippen LogP contribution in [0.15, 0.2) is 24.3 Å². The summed E-state index contributed by atoms with van der Waals surface area (Å²) in [5.41, 5.74) is 1.10. The van der Waals surface area contributed by atoms with Crippen molar-refractivity contribution < 1.29 is 14.6 Å². The highest BCUT2D eigenvalue weighted by Crippen LogP contribution is 2.15.